The van der Waals surface area contributed by atoms with E-state index in [2.05, 4.69) is 65.6 Å². The molecule has 2 atom stereocenters. The average Bonchev–Trinajstić information content (AvgIpc) is 2.70. The smallest absolute Gasteiger partial charge is 0.0900 e. The third-order valence-electron chi connectivity index (χ3n) is 5.01. The van der Waals surface area contributed by atoms with Crippen molar-refractivity contribution in [1.82, 2.24) is 4.90 Å². The Morgan fingerprint density at radius 1 is 0.929 bits per heavy atom. The van der Waals surface area contributed by atoms with Gasteiger partial charge in [0.1, 0.15) is 0 Å². The molecule has 152 valence electrons. The maximum atomic E-state index is 10.5. The molecule has 0 saturated carbocycles. The quantitative estimate of drug-likeness (QED) is 0.578. The van der Waals surface area contributed by atoms with Crippen LogP contribution in [0.15, 0.2) is 72.8 Å². The summed E-state index contributed by atoms with van der Waals surface area (Å²) in [6.45, 7) is 3.40. The highest BCUT2D eigenvalue weighted by Gasteiger charge is 2.15. The van der Waals surface area contributed by atoms with Crippen LogP contribution < -0.4 is 0 Å². The fourth-order valence-corrected chi connectivity index (χ4v) is 3.60. The number of aliphatic hydroxyl groups is 1. The summed E-state index contributed by atoms with van der Waals surface area (Å²) in [4.78, 5) is 2.29. The van der Waals surface area contributed by atoms with Gasteiger partial charge in [-0.2, -0.15) is 0 Å². The number of allylic oxidation sites excluding steroid dienone is 2. The molecule has 0 fully saturated rings. The van der Waals surface area contributed by atoms with Gasteiger partial charge in [-0.05, 0) is 36.3 Å². The normalized spacial score (nSPS) is 17.3. The number of hydrogen-bond donors (Lipinski definition) is 1. The van der Waals surface area contributed by atoms with E-state index in [1.807, 2.05) is 12.1 Å². The fourth-order valence-electron chi connectivity index (χ4n) is 3.60. The van der Waals surface area contributed by atoms with Crippen molar-refractivity contribution in [3.05, 3.63) is 83.9 Å². The Labute approximate surface area is 175 Å². The first-order valence-corrected chi connectivity index (χ1v) is 10.0. The Hall–Kier alpha value is -1.65. The van der Waals surface area contributed by atoms with Crippen LogP contribution in [0, 0.1) is 5.92 Å². The topological polar surface area (TPSA) is 32.7 Å². The predicted molar refractivity (Wildman–Crippen MR) is 118 cm³/mol. The van der Waals surface area contributed by atoms with E-state index < -0.39 is 6.10 Å². The molecule has 0 aliphatic heterocycles. The van der Waals surface area contributed by atoms with Crippen LogP contribution in [-0.2, 0) is 17.8 Å². The summed E-state index contributed by atoms with van der Waals surface area (Å²) in [5.74, 6) is 0.604. The van der Waals surface area contributed by atoms with Crippen molar-refractivity contribution in [1.29, 1.82) is 0 Å². The molecule has 1 aliphatic carbocycles. The Kier molecular flexibility index (Phi) is 10.3. The number of benzene rings is 2. The maximum absolute atomic E-state index is 10.5. The van der Waals surface area contributed by atoms with Gasteiger partial charge in [-0.25, -0.2) is 0 Å². The second-order valence-electron chi connectivity index (χ2n) is 7.48. The molecule has 0 saturated heterocycles. The Bertz CT molecular complexity index is 636. The van der Waals surface area contributed by atoms with Gasteiger partial charge in [-0.15, -0.1) is 12.4 Å². The maximum Gasteiger partial charge on any atom is 0.0900 e. The number of aliphatic hydroxyl groups excluding tert-OH is 1. The molecule has 2 aromatic carbocycles. The second kappa shape index (κ2) is 12.7. The van der Waals surface area contributed by atoms with Crippen molar-refractivity contribution in [3.8, 4) is 0 Å². The van der Waals surface area contributed by atoms with Gasteiger partial charge in [-0.3, -0.25) is 4.90 Å². The third kappa shape index (κ3) is 8.15. The van der Waals surface area contributed by atoms with E-state index in [1.54, 1.807) is 0 Å². The van der Waals surface area contributed by atoms with Crippen molar-refractivity contribution in [2.75, 3.05) is 19.8 Å². The Morgan fingerprint density at radius 3 is 2.07 bits per heavy atom. The molecule has 3 nitrogen and oxygen atoms in total. The molecule has 0 radical (unpaired) electrons. The predicted octanol–water partition coefficient (Wildman–Crippen LogP) is 4.84. The summed E-state index contributed by atoms with van der Waals surface area (Å²) >= 11 is 0. The molecule has 2 unspecified atom stereocenters. The van der Waals surface area contributed by atoms with E-state index in [4.69, 9.17) is 4.74 Å². The molecule has 1 aliphatic rings. The SMILES string of the molecule is Cl.OC(COCC1CC=CCC1)CN(Cc1ccccc1)Cc1ccccc1. The van der Waals surface area contributed by atoms with Crippen molar-refractivity contribution in [2.24, 2.45) is 5.92 Å². The van der Waals surface area contributed by atoms with Gasteiger partial charge in [0, 0.05) is 26.2 Å². The highest BCUT2D eigenvalue weighted by Crippen LogP contribution is 2.18. The number of halogens is 1. The molecule has 0 aromatic heterocycles. The number of rotatable bonds is 10. The van der Waals surface area contributed by atoms with Crippen LogP contribution in [0.2, 0.25) is 0 Å². The van der Waals surface area contributed by atoms with Gasteiger partial charge in [0.2, 0.25) is 0 Å². The minimum atomic E-state index is -0.475. The molecule has 0 spiro atoms. The molecule has 3 rings (SSSR count). The monoisotopic (exact) mass is 401 g/mol. The van der Waals surface area contributed by atoms with Crippen LogP contribution in [-0.4, -0.2) is 35.9 Å². The number of ether oxygens (including phenoxy) is 1. The molecule has 28 heavy (non-hydrogen) atoms. The van der Waals surface area contributed by atoms with E-state index in [-0.39, 0.29) is 12.4 Å². The Morgan fingerprint density at radius 2 is 1.54 bits per heavy atom. The summed E-state index contributed by atoms with van der Waals surface area (Å²) in [5.41, 5.74) is 2.52. The van der Waals surface area contributed by atoms with Crippen molar-refractivity contribution in [3.63, 3.8) is 0 Å². The average molecular weight is 402 g/mol. The zero-order chi connectivity index (χ0) is 18.7. The Balaban J connectivity index is 0.00000280. The van der Waals surface area contributed by atoms with Crippen molar-refractivity contribution >= 4 is 12.4 Å². The van der Waals surface area contributed by atoms with Crippen molar-refractivity contribution < 1.29 is 9.84 Å². The van der Waals surface area contributed by atoms with Gasteiger partial charge in [0.25, 0.3) is 0 Å². The lowest BCUT2D eigenvalue weighted by Gasteiger charge is -2.26. The van der Waals surface area contributed by atoms with Crippen LogP contribution in [0.25, 0.3) is 0 Å². The lowest BCUT2D eigenvalue weighted by molar-refractivity contribution is 0.00114. The van der Waals surface area contributed by atoms with Gasteiger partial charge in [-0.1, -0.05) is 72.8 Å². The molecule has 0 heterocycles. The fraction of sp³-hybridized carbons (Fsp3) is 0.417. The van der Waals surface area contributed by atoms with Crippen molar-refractivity contribution in [2.45, 2.75) is 38.5 Å². The summed E-state index contributed by atoms with van der Waals surface area (Å²) in [6, 6.07) is 20.9. The van der Waals surface area contributed by atoms with Crippen LogP contribution in [0.3, 0.4) is 0 Å². The van der Waals surface area contributed by atoms with E-state index in [9.17, 15) is 5.11 Å². The first-order chi connectivity index (χ1) is 13.3. The standard InChI is InChI=1S/C24H31NO2.ClH/c26-24(20-27-19-23-14-8-3-9-15-23)18-25(16-21-10-4-1-5-11-21)17-22-12-6-2-7-13-22;/h1-8,10-13,23-24,26H,9,14-20H2;1H. The lowest BCUT2D eigenvalue weighted by Crippen LogP contribution is -2.34. The second-order valence-corrected chi connectivity index (χ2v) is 7.48. The third-order valence-corrected chi connectivity index (χ3v) is 5.01. The molecule has 4 heteroatoms. The van der Waals surface area contributed by atoms with Gasteiger partial charge >= 0.3 is 0 Å². The minimum Gasteiger partial charge on any atom is -0.389 e. The van der Waals surface area contributed by atoms with E-state index in [1.165, 1.54) is 17.5 Å². The molecule has 1 N–H and O–H groups in total. The van der Waals surface area contributed by atoms with Gasteiger partial charge in [0.15, 0.2) is 0 Å². The first kappa shape index (κ1) is 22.6. The largest absolute Gasteiger partial charge is 0.389 e. The first-order valence-electron chi connectivity index (χ1n) is 10.0. The zero-order valence-electron chi connectivity index (χ0n) is 16.5. The lowest BCUT2D eigenvalue weighted by atomic mass is 9.95. The summed E-state index contributed by atoms with van der Waals surface area (Å²) in [6.07, 6.45) is 7.46. The zero-order valence-corrected chi connectivity index (χ0v) is 17.3. The molecular formula is C24H32ClNO2. The van der Waals surface area contributed by atoms with E-state index in [0.717, 1.165) is 32.5 Å². The van der Waals surface area contributed by atoms with E-state index in [0.29, 0.717) is 19.1 Å². The molecule has 0 bridgehead atoms. The van der Waals surface area contributed by atoms with Crippen LogP contribution >= 0.6 is 12.4 Å². The van der Waals surface area contributed by atoms with Gasteiger partial charge < -0.3 is 9.84 Å². The van der Waals surface area contributed by atoms with Gasteiger partial charge in [0.05, 0.1) is 12.7 Å². The number of nitrogens with zero attached hydrogens (tertiary/aromatic N) is 1. The van der Waals surface area contributed by atoms with E-state index >= 15 is 0 Å². The summed E-state index contributed by atoms with van der Waals surface area (Å²) < 4.78 is 5.83. The summed E-state index contributed by atoms with van der Waals surface area (Å²) in [5, 5.41) is 10.5. The van der Waals surface area contributed by atoms with Crippen LogP contribution in [0.5, 0.6) is 0 Å². The minimum absolute atomic E-state index is 0. The molecule has 2 aromatic rings. The van der Waals surface area contributed by atoms with Crippen LogP contribution in [0.1, 0.15) is 30.4 Å². The number of hydrogen-bond acceptors (Lipinski definition) is 3. The molecular weight excluding hydrogens is 370 g/mol. The highest BCUT2D eigenvalue weighted by molar-refractivity contribution is 5.85. The highest BCUT2D eigenvalue weighted by atomic mass is 35.5. The summed E-state index contributed by atoms with van der Waals surface area (Å²) in [7, 11) is 0. The van der Waals surface area contributed by atoms with Crippen LogP contribution in [0.4, 0.5) is 0 Å². The molecule has 0 amide bonds.